The summed E-state index contributed by atoms with van der Waals surface area (Å²) in [5.74, 6) is -2.15. The lowest BCUT2D eigenvalue weighted by atomic mass is 10.2. The number of nitrogens with one attached hydrogen (secondary N) is 2. The monoisotopic (exact) mass is 350 g/mol. The predicted molar refractivity (Wildman–Crippen MR) is 90.2 cm³/mol. The van der Waals surface area contributed by atoms with Crippen molar-refractivity contribution in [2.75, 3.05) is 5.32 Å². The first-order valence-electron chi connectivity index (χ1n) is 6.31. The maximum Gasteiger partial charge on any atom is 0.339 e. The second-order valence-corrected chi connectivity index (χ2v) is 5.24. The van der Waals surface area contributed by atoms with Crippen LogP contribution in [0.5, 0.6) is 5.75 Å². The summed E-state index contributed by atoms with van der Waals surface area (Å²) < 4.78 is 0. The topological polar surface area (TPSA) is 98.7 Å². The van der Waals surface area contributed by atoms with Gasteiger partial charge in [0.1, 0.15) is 11.3 Å². The number of carboxylic acid groups (broad SMARTS) is 1. The van der Waals surface area contributed by atoms with E-state index in [2.05, 4.69) is 10.6 Å². The zero-order valence-electron chi connectivity index (χ0n) is 11.5. The number of carboxylic acids is 1. The highest BCUT2D eigenvalue weighted by atomic mass is 35.5. The maximum atomic E-state index is 12.0. The second-order valence-electron chi connectivity index (χ2n) is 4.43. The molecule has 2 aromatic carbocycles. The molecule has 0 bridgehead atoms. The number of hydrogen-bond donors (Lipinski definition) is 4. The zero-order valence-corrected chi connectivity index (χ0v) is 13.1. The lowest BCUT2D eigenvalue weighted by Gasteiger charge is -2.11. The molecule has 0 spiro atoms. The van der Waals surface area contributed by atoms with Crippen LogP contribution in [0.25, 0.3) is 0 Å². The highest BCUT2D eigenvalue weighted by molar-refractivity contribution is 7.80. The van der Waals surface area contributed by atoms with Crippen LogP contribution in [0.3, 0.4) is 0 Å². The number of thiocarbonyl (C=S) groups is 1. The fraction of sp³-hybridized carbons (Fsp3) is 0. The van der Waals surface area contributed by atoms with E-state index in [0.717, 1.165) is 0 Å². The van der Waals surface area contributed by atoms with Gasteiger partial charge in [0.25, 0.3) is 5.91 Å². The van der Waals surface area contributed by atoms with Gasteiger partial charge in [-0.3, -0.25) is 10.1 Å². The number of phenols is 1. The van der Waals surface area contributed by atoms with Crippen LogP contribution in [0.1, 0.15) is 20.7 Å². The van der Waals surface area contributed by atoms with Crippen molar-refractivity contribution in [2.45, 2.75) is 0 Å². The number of amides is 1. The number of anilines is 1. The molecule has 0 unspecified atom stereocenters. The second kappa shape index (κ2) is 7.08. The quantitative estimate of drug-likeness (QED) is 0.635. The van der Waals surface area contributed by atoms with Gasteiger partial charge in [0.15, 0.2) is 5.11 Å². The van der Waals surface area contributed by atoms with Crippen LogP contribution in [0.2, 0.25) is 5.02 Å². The molecule has 0 aromatic heterocycles. The molecule has 0 saturated carbocycles. The molecule has 4 N–H and O–H groups in total. The Balaban J connectivity index is 2.05. The van der Waals surface area contributed by atoms with Crippen molar-refractivity contribution in [3.8, 4) is 5.75 Å². The minimum absolute atomic E-state index is 0.0163. The molecule has 2 rings (SSSR count). The predicted octanol–water partition coefficient (Wildman–Crippen LogP) is 2.87. The molecule has 118 valence electrons. The van der Waals surface area contributed by atoms with Crippen molar-refractivity contribution in [3.05, 3.63) is 58.6 Å². The normalized spacial score (nSPS) is 9.96. The van der Waals surface area contributed by atoms with Crippen LogP contribution in [-0.4, -0.2) is 27.2 Å². The van der Waals surface area contributed by atoms with Crippen molar-refractivity contribution >= 4 is 46.5 Å². The van der Waals surface area contributed by atoms with Crippen LogP contribution in [0.15, 0.2) is 42.5 Å². The van der Waals surface area contributed by atoms with Gasteiger partial charge in [-0.2, -0.15) is 0 Å². The van der Waals surface area contributed by atoms with E-state index in [0.29, 0.717) is 5.69 Å². The van der Waals surface area contributed by atoms with Gasteiger partial charge in [0, 0.05) is 11.8 Å². The molecule has 6 nitrogen and oxygen atoms in total. The number of benzene rings is 2. The largest absolute Gasteiger partial charge is 0.507 e. The molecule has 0 heterocycles. The van der Waals surface area contributed by atoms with Crippen molar-refractivity contribution < 1.29 is 19.8 Å². The average Bonchev–Trinajstić information content (AvgIpc) is 2.47. The summed E-state index contributed by atoms with van der Waals surface area (Å²) in [5.41, 5.74) is 0.362. The van der Waals surface area contributed by atoms with Crippen molar-refractivity contribution in [1.29, 1.82) is 0 Å². The molecule has 0 radical (unpaired) electrons. The Hall–Kier alpha value is -2.64. The Morgan fingerprint density at radius 3 is 2.39 bits per heavy atom. The summed E-state index contributed by atoms with van der Waals surface area (Å²) in [5, 5.41) is 23.8. The highest BCUT2D eigenvalue weighted by Gasteiger charge is 2.13. The number of carbonyl (C=O) groups is 2. The average molecular weight is 351 g/mol. The Morgan fingerprint density at radius 1 is 1.09 bits per heavy atom. The lowest BCUT2D eigenvalue weighted by Crippen LogP contribution is -2.34. The number of rotatable bonds is 3. The number of hydrogen-bond acceptors (Lipinski definition) is 4. The Morgan fingerprint density at radius 2 is 1.78 bits per heavy atom. The molecule has 0 aliphatic carbocycles. The number of aromatic carboxylic acids is 1. The Kier molecular flexibility index (Phi) is 5.15. The van der Waals surface area contributed by atoms with E-state index < -0.39 is 17.6 Å². The van der Waals surface area contributed by atoms with Crippen LogP contribution in [-0.2, 0) is 0 Å². The van der Waals surface area contributed by atoms with Gasteiger partial charge in [-0.05, 0) is 36.5 Å². The minimum Gasteiger partial charge on any atom is -0.507 e. The van der Waals surface area contributed by atoms with Gasteiger partial charge in [0.05, 0.1) is 10.6 Å². The van der Waals surface area contributed by atoms with E-state index >= 15 is 0 Å². The Labute approximate surface area is 141 Å². The molecule has 0 aliphatic heterocycles. The van der Waals surface area contributed by atoms with E-state index in [9.17, 15) is 14.7 Å². The maximum absolute atomic E-state index is 12.0. The van der Waals surface area contributed by atoms with Gasteiger partial charge < -0.3 is 15.5 Å². The standard InChI is InChI=1S/C15H11ClN2O4S/c16-11-4-2-1-3-9(11)13(20)18-15(23)17-8-5-6-10(14(21)22)12(19)7-8/h1-7,19H,(H,21,22)(H2,17,18,20,23). The third-order valence-electron chi connectivity index (χ3n) is 2.83. The molecule has 23 heavy (non-hydrogen) atoms. The van der Waals surface area contributed by atoms with Gasteiger partial charge >= 0.3 is 5.97 Å². The molecule has 0 atom stereocenters. The lowest BCUT2D eigenvalue weighted by molar-refractivity contribution is 0.0693. The SMILES string of the molecule is O=C(O)c1ccc(NC(=S)NC(=O)c2ccccc2Cl)cc1O. The summed E-state index contributed by atoms with van der Waals surface area (Å²) in [4.78, 5) is 22.8. The molecular formula is C15H11ClN2O4S. The van der Waals surface area contributed by atoms with E-state index in [-0.39, 0.29) is 21.3 Å². The number of aromatic hydroxyl groups is 1. The molecule has 0 fully saturated rings. The van der Waals surface area contributed by atoms with Gasteiger partial charge in [-0.25, -0.2) is 4.79 Å². The molecule has 1 amide bonds. The number of carbonyl (C=O) groups excluding carboxylic acids is 1. The number of halogens is 1. The van der Waals surface area contributed by atoms with Crippen LogP contribution >= 0.6 is 23.8 Å². The minimum atomic E-state index is -1.25. The van der Waals surface area contributed by atoms with E-state index in [4.69, 9.17) is 28.9 Å². The first-order chi connectivity index (χ1) is 10.9. The smallest absolute Gasteiger partial charge is 0.339 e. The van der Waals surface area contributed by atoms with Gasteiger partial charge in [-0.1, -0.05) is 23.7 Å². The van der Waals surface area contributed by atoms with Crippen molar-refractivity contribution in [1.82, 2.24) is 5.32 Å². The summed E-state index contributed by atoms with van der Waals surface area (Å²) in [7, 11) is 0. The van der Waals surface area contributed by atoms with E-state index in [1.54, 1.807) is 24.3 Å². The fourth-order valence-corrected chi connectivity index (χ4v) is 2.20. The van der Waals surface area contributed by atoms with E-state index in [1.165, 1.54) is 18.2 Å². The molecule has 0 saturated heterocycles. The molecule has 2 aromatic rings. The first kappa shape index (κ1) is 16.7. The first-order valence-corrected chi connectivity index (χ1v) is 7.10. The third kappa shape index (κ3) is 4.18. The summed E-state index contributed by atoms with van der Waals surface area (Å²) in [6.45, 7) is 0. The van der Waals surface area contributed by atoms with Crippen LogP contribution in [0, 0.1) is 0 Å². The molecular weight excluding hydrogens is 340 g/mol. The fourth-order valence-electron chi connectivity index (χ4n) is 1.77. The van der Waals surface area contributed by atoms with Gasteiger partial charge in [-0.15, -0.1) is 0 Å². The van der Waals surface area contributed by atoms with Crippen molar-refractivity contribution in [2.24, 2.45) is 0 Å². The molecule has 8 heteroatoms. The zero-order chi connectivity index (χ0) is 17.0. The van der Waals surface area contributed by atoms with Gasteiger partial charge in [0.2, 0.25) is 0 Å². The van der Waals surface area contributed by atoms with Crippen molar-refractivity contribution in [3.63, 3.8) is 0 Å². The summed E-state index contributed by atoms with van der Waals surface area (Å²) in [6, 6.07) is 10.3. The third-order valence-corrected chi connectivity index (χ3v) is 3.37. The van der Waals surface area contributed by atoms with Crippen LogP contribution < -0.4 is 10.6 Å². The highest BCUT2D eigenvalue weighted by Crippen LogP contribution is 2.22. The summed E-state index contributed by atoms with van der Waals surface area (Å²) in [6.07, 6.45) is 0. The summed E-state index contributed by atoms with van der Waals surface area (Å²) >= 11 is 10.9. The molecule has 0 aliphatic rings. The Bertz CT molecular complexity index is 795. The van der Waals surface area contributed by atoms with E-state index in [1.807, 2.05) is 0 Å². The van der Waals surface area contributed by atoms with Crippen LogP contribution in [0.4, 0.5) is 5.69 Å².